The molecule has 6 heteroatoms. The number of hydrogen-bond donors (Lipinski definition) is 1. The van der Waals surface area contributed by atoms with Crippen LogP contribution in [-0.2, 0) is 6.54 Å². The molecule has 1 aliphatic rings. The Morgan fingerprint density at radius 1 is 1.38 bits per heavy atom. The number of hydrogen-bond acceptors (Lipinski definition) is 2. The molecule has 1 atom stereocenters. The van der Waals surface area contributed by atoms with Gasteiger partial charge in [-0.15, -0.1) is 11.8 Å². The molecule has 1 unspecified atom stereocenters. The van der Waals surface area contributed by atoms with Crippen LogP contribution in [-0.4, -0.2) is 23.7 Å². The number of benzene rings is 2. The van der Waals surface area contributed by atoms with Crippen LogP contribution >= 0.6 is 23.4 Å². The minimum Gasteiger partial charge on any atom is -0.331 e. The Labute approximate surface area is 150 Å². The third-order valence-electron chi connectivity index (χ3n) is 3.96. The van der Waals surface area contributed by atoms with Gasteiger partial charge in [-0.1, -0.05) is 23.7 Å². The molecule has 3 rings (SSSR count). The fourth-order valence-electron chi connectivity index (χ4n) is 2.76. The summed E-state index contributed by atoms with van der Waals surface area (Å²) in [6.07, 6.45) is 0.790. The predicted molar refractivity (Wildman–Crippen MR) is 95.9 cm³/mol. The maximum Gasteiger partial charge on any atom is 0.317 e. The molecule has 1 N–H and O–H groups in total. The highest BCUT2D eigenvalue weighted by Crippen LogP contribution is 2.36. The topological polar surface area (TPSA) is 32.3 Å². The van der Waals surface area contributed by atoms with Crippen molar-refractivity contribution in [3.63, 3.8) is 0 Å². The molecular formula is C18H18ClFN2OS. The summed E-state index contributed by atoms with van der Waals surface area (Å²) >= 11 is 7.67. The fourth-order valence-corrected chi connectivity index (χ4v) is 4.07. The van der Waals surface area contributed by atoms with E-state index in [0.29, 0.717) is 11.6 Å². The van der Waals surface area contributed by atoms with Crippen molar-refractivity contribution < 1.29 is 9.18 Å². The summed E-state index contributed by atoms with van der Waals surface area (Å²) < 4.78 is 13.5. The molecule has 126 valence electrons. The Morgan fingerprint density at radius 2 is 2.21 bits per heavy atom. The largest absolute Gasteiger partial charge is 0.331 e. The van der Waals surface area contributed by atoms with Gasteiger partial charge in [-0.3, -0.25) is 0 Å². The second-order valence-corrected chi connectivity index (χ2v) is 7.38. The molecule has 3 nitrogen and oxygen atoms in total. The smallest absolute Gasteiger partial charge is 0.317 e. The lowest BCUT2D eigenvalue weighted by molar-refractivity contribution is 0.202. The van der Waals surface area contributed by atoms with E-state index in [-0.39, 0.29) is 17.9 Å². The molecular weight excluding hydrogens is 347 g/mol. The van der Waals surface area contributed by atoms with E-state index in [0.717, 1.165) is 28.2 Å². The molecule has 0 aliphatic carbocycles. The highest BCUT2D eigenvalue weighted by atomic mass is 35.5. The summed E-state index contributed by atoms with van der Waals surface area (Å²) in [7, 11) is 1.74. The van der Waals surface area contributed by atoms with Gasteiger partial charge in [0.05, 0.1) is 6.04 Å². The first-order valence-electron chi connectivity index (χ1n) is 7.71. The highest BCUT2D eigenvalue weighted by Gasteiger charge is 2.24. The van der Waals surface area contributed by atoms with E-state index in [1.54, 1.807) is 35.8 Å². The third kappa shape index (κ3) is 4.02. The monoisotopic (exact) mass is 364 g/mol. The van der Waals surface area contributed by atoms with Crippen LogP contribution in [0.5, 0.6) is 0 Å². The summed E-state index contributed by atoms with van der Waals surface area (Å²) in [5.41, 5.74) is 1.82. The number of thioether (sulfide) groups is 1. The number of urea groups is 1. The van der Waals surface area contributed by atoms with Gasteiger partial charge in [-0.2, -0.15) is 0 Å². The first-order chi connectivity index (χ1) is 11.5. The number of carbonyl (C=O) groups is 1. The van der Waals surface area contributed by atoms with E-state index in [1.807, 2.05) is 18.2 Å². The van der Waals surface area contributed by atoms with Crippen molar-refractivity contribution in [3.8, 4) is 0 Å². The average Bonchev–Trinajstić information content (AvgIpc) is 2.55. The molecule has 2 aromatic carbocycles. The standard InChI is InChI=1S/C18H18ClFN2OS/c1-22(11-12-3-2-4-13(19)9-12)18(23)21-16-7-8-24-17-6-5-14(20)10-15(16)17/h2-6,9-10,16H,7-8,11H2,1H3,(H,21,23). The molecule has 0 saturated heterocycles. The van der Waals surface area contributed by atoms with Crippen molar-refractivity contribution in [2.45, 2.75) is 23.9 Å². The van der Waals surface area contributed by atoms with Crippen LogP contribution in [0.1, 0.15) is 23.6 Å². The quantitative estimate of drug-likeness (QED) is 0.843. The number of fused-ring (bicyclic) bond motifs is 1. The normalized spacial score (nSPS) is 16.4. The van der Waals surface area contributed by atoms with E-state index in [2.05, 4.69) is 5.32 Å². The van der Waals surface area contributed by atoms with Gasteiger partial charge in [-0.25, -0.2) is 9.18 Å². The minimum atomic E-state index is -0.275. The summed E-state index contributed by atoms with van der Waals surface area (Å²) in [6, 6.07) is 11.9. The van der Waals surface area contributed by atoms with Crippen molar-refractivity contribution in [1.82, 2.24) is 10.2 Å². The van der Waals surface area contributed by atoms with Gasteiger partial charge in [0.1, 0.15) is 5.82 Å². The molecule has 2 aromatic rings. The van der Waals surface area contributed by atoms with Crippen LogP contribution < -0.4 is 5.32 Å². The zero-order valence-corrected chi connectivity index (χ0v) is 14.8. The van der Waals surface area contributed by atoms with Crippen LogP contribution in [0.4, 0.5) is 9.18 Å². The second-order valence-electron chi connectivity index (χ2n) is 5.81. The summed E-state index contributed by atoms with van der Waals surface area (Å²) in [6.45, 7) is 0.462. The number of amides is 2. The first-order valence-corrected chi connectivity index (χ1v) is 9.07. The van der Waals surface area contributed by atoms with Gasteiger partial charge >= 0.3 is 6.03 Å². The van der Waals surface area contributed by atoms with Crippen molar-refractivity contribution in [3.05, 3.63) is 64.4 Å². The Balaban J connectivity index is 1.68. The van der Waals surface area contributed by atoms with Crippen LogP contribution in [0.15, 0.2) is 47.4 Å². The fraction of sp³-hybridized carbons (Fsp3) is 0.278. The molecule has 0 saturated carbocycles. The van der Waals surface area contributed by atoms with Gasteiger partial charge in [0.25, 0.3) is 0 Å². The molecule has 0 radical (unpaired) electrons. The first kappa shape index (κ1) is 17.1. The second kappa shape index (κ2) is 7.45. The van der Waals surface area contributed by atoms with E-state index in [1.165, 1.54) is 12.1 Å². The number of carbonyl (C=O) groups excluding carboxylic acids is 1. The maximum absolute atomic E-state index is 13.5. The van der Waals surface area contributed by atoms with Crippen molar-refractivity contribution in [2.24, 2.45) is 0 Å². The molecule has 0 spiro atoms. The van der Waals surface area contributed by atoms with Gasteiger partial charge in [0, 0.05) is 29.3 Å². The molecule has 1 aliphatic heterocycles. The summed E-state index contributed by atoms with van der Waals surface area (Å²) in [5.74, 6) is 0.629. The SMILES string of the molecule is CN(Cc1cccc(Cl)c1)C(=O)NC1CCSc2ccc(F)cc21. The third-order valence-corrected chi connectivity index (χ3v) is 5.32. The number of halogens is 2. The summed E-state index contributed by atoms with van der Waals surface area (Å²) in [4.78, 5) is 15.1. The van der Waals surface area contributed by atoms with Gasteiger partial charge in [0.2, 0.25) is 0 Å². The van der Waals surface area contributed by atoms with E-state index < -0.39 is 0 Å². The molecule has 24 heavy (non-hydrogen) atoms. The van der Waals surface area contributed by atoms with Gasteiger partial charge < -0.3 is 10.2 Å². The Bertz CT molecular complexity index is 756. The molecule has 1 heterocycles. The number of nitrogens with one attached hydrogen (secondary N) is 1. The minimum absolute atomic E-state index is 0.161. The van der Waals surface area contributed by atoms with E-state index in [4.69, 9.17) is 11.6 Å². The molecule has 0 aromatic heterocycles. The Hall–Kier alpha value is -1.72. The van der Waals surface area contributed by atoms with E-state index in [9.17, 15) is 9.18 Å². The molecule has 0 bridgehead atoms. The predicted octanol–water partition coefficient (Wildman–Crippen LogP) is 4.86. The van der Waals surface area contributed by atoms with Crippen LogP contribution in [0, 0.1) is 5.82 Å². The number of nitrogens with zero attached hydrogens (tertiary/aromatic N) is 1. The zero-order valence-electron chi connectivity index (χ0n) is 13.3. The molecule has 0 fully saturated rings. The van der Waals surface area contributed by atoms with Gasteiger partial charge in [-0.05, 0) is 47.9 Å². The zero-order chi connectivity index (χ0) is 17.1. The van der Waals surface area contributed by atoms with Gasteiger partial charge in [0.15, 0.2) is 0 Å². The van der Waals surface area contributed by atoms with Crippen molar-refractivity contribution in [1.29, 1.82) is 0 Å². The lowest BCUT2D eigenvalue weighted by Gasteiger charge is -2.28. The van der Waals surface area contributed by atoms with Crippen LogP contribution in [0.2, 0.25) is 5.02 Å². The molecule has 2 amide bonds. The average molecular weight is 365 g/mol. The lowest BCUT2D eigenvalue weighted by Crippen LogP contribution is -2.39. The summed E-state index contributed by atoms with van der Waals surface area (Å²) in [5, 5.41) is 3.66. The van der Waals surface area contributed by atoms with Crippen molar-refractivity contribution >= 4 is 29.4 Å². The van der Waals surface area contributed by atoms with Crippen molar-refractivity contribution in [2.75, 3.05) is 12.8 Å². The number of rotatable bonds is 3. The van der Waals surface area contributed by atoms with E-state index >= 15 is 0 Å². The Morgan fingerprint density at radius 3 is 3.00 bits per heavy atom. The lowest BCUT2D eigenvalue weighted by atomic mass is 10.0. The van der Waals surface area contributed by atoms with Crippen LogP contribution in [0.3, 0.4) is 0 Å². The maximum atomic E-state index is 13.5. The highest BCUT2D eigenvalue weighted by molar-refractivity contribution is 7.99. The van der Waals surface area contributed by atoms with Crippen LogP contribution in [0.25, 0.3) is 0 Å². The Kier molecular flexibility index (Phi) is 5.31.